The topological polar surface area (TPSA) is 87.7 Å². The highest BCUT2D eigenvalue weighted by Crippen LogP contribution is 2.37. The molecule has 1 amide bonds. The second-order valence-electron chi connectivity index (χ2n) is 7.65. The van der Waals surface area contributed by atoms with Gasteiger partial charge in [0.15, 0.2) is 5.82 Å². The van der Waals surface area contributed by atoms with Gasteiger partial charge in [-0.3, -0.25) is 4.79 Å². The lowest BCUT2D eigenvalue weighted by Crippen LogP contribution is -2.31. The molecule has 2 saturated heterocycles. The van der Waals surface area contributed by atoms with Crippen molar-refractivity contribution >= 4 is 21.8 Å². The van der Waals surface area contributed by atoms with E-state index in [1.165, 1.54) is 6.07 Å². The number of amides is 1. The molecule has 0 aromatic heterocycles. The molecule has 1 atom stereocenters. The van der Waals surface area contributed by atoms with E-state index in [4.69, 9.17) is 4.74 Å². The Kier molecular flexibility index (Phi) is 5.92. The smallest absolute Gasteiger partial charge is 0.326 e. The van der Waals surface area contributed by atoms with E-state index in [1.54, 1.807) is 6.07 Å². The molecule has 2 heterocycles. The van der Waals surface area contributed by atoms with Crippen LogP contribution in [0.3, 0.4) is 0 Å². The number of carbonyl (C=O) groups excluding carboxylic acids is 1. The second-order valence-corrected chi connectivity index (χ2v) is 9.25. The lowest BCUT2D eigenvalue weighted by atomic mass is 9.92. The van der Waals surface area contributed by atoms with Crippen molar-refractivity contribution in [2.45, 2.75) is 25.9 Å². The third kappa shape index (κ3) is 4.57. The number of benzene rings is 2. The number of ether oxygens (including phenoxy) is 1. The van der Waals surface area contributed by atoms with Crippen LogP contribution in [0.1, 0.15) is 24.0 Å². The van der Waals surface area contributed by atoms with Crippen molar-refractivity contribution in [2.75, 3.05) is 23.9 Å². The van der Waals surface area contributed by atoms with Crippen molar-refractivity contribution in [1.82, 2.24) is 10.0 Å². The molecule has 2 fully saturated rings. The number of halogens is 1. The standard InChI is InChI=1S/C21H24FN3O4S/c22-18-10-17(9-16-7-4-8-23-12-16)11-19(29-14-15-5-2-1-3-6-15)21(18)25-13-20(26)24-30(25,27)28/h1-3,5-6,10-11,16,23H,4,7-9,12-14H2,(H,24,26). The first-order valence-electron chi connectivity index (χ1n) is 9.95. The maximum Gasteiger partial charge on any atom is 0.326 e. The highest BCUT2D eigenvalue weighted by atomic mass is 32.2. The lowest BCUT2D eigenvalue weighted by Gasteiger charge is -2.24. The maximum absolute atomic E-state index is 15.2. The van der Waals surface area contributed by atoms with E-state index in [-0.39, 0.29) is 18.0 Å². The third-order valence-corrected chi connectivity index (χ3v) is 6.70. The van der Waals surface area contributed by atoms with Crippen LogP contribution in [0, 0.1) is 11.7 Å². The highest BCUT2D eigenvalue weighted by Gasteiger charge is 2.38. The minimum Gasteiger partial charge on any atom is -0.487 e. The van der Waals surface area contributed by atoms with E-state index < -0.39 is 28.5 Å². The van der Waals surface area contributed by atoms with Crippen LogP contribution in [0.4, 0.5) is 10.1 Å². The third-order valence-electron chi connectivity index (χ3n) is 5.32. The fourth-order valence-corrected chi connectivity index (χ4v) is 5.08. The van der Waals surface area contributed by atoms with Gasteiger partial charge in [-0.15, -0.1) is 0 Å². The van der Waals surface area contributed by atoms with Crippen molar-refractivity contribution in [1.29, 1.82) is 0 Å². The first-order chi connectivity index (χ1) is 14.4. The first kappa shape index (κ1) is 20.6. The molecule has 2 aromatic rings. The SMILES string of the molecule is O=C1CN(c2c(F)cc(CC3CCCNC3)cc2OCc2ccccc2)S(=O)(=O)N1. The average molecular weight is 434 g/mol. The van der Waals surface area contributed by atoms with E-state index in [0.717, 1.165) is 41.4 Å². The van der Waals surface area contributed by atoms with E-state index in [2.05, 4.69) is 5.32 Å². The summed E-state index contributed by atoms with van der Waals surface area (Å²) >= 11 is 0. The Bertz CT molecular complexity index is 1020. The summed E-state index contributed by atoms with van der Waals surface area (Å²) in [6, 6.07) is 12.4. The molecule has 0 radical (unpaired) electrons. The van der Waals surface area contributed by atoms with Crippen LogP contribution in [-0.4, -0.2) is 34.0 Å². The normalized spacial score (nSPS) is 20.8. The number of nitrogens with one attached hydrogen (secondary N) is 2. The first-order valence-corrected chi connectivity index (χ1v) is 11.4. The summed E-state index contributed by atoms with van der Waals surface area (Å²) in [6.45, 7) is 1.52. The fourth-order valence-electron chi connectivity index (χ4n) is 3.91. The predicted octanol–water partition coefficient (Wildman–Crippen LogP) is 2.13. The molecule has 2 aliphatic rings. The summed E-state index contributed by atoms with van der Waals surface area (Å²) in [5.74, 6) is -0.942. The zero-order valence-electron chi connectivity index (χ0n) is 16.4. The van der Waals surface area contributed by atoms with Gasteiger partial charge >= 0.3 is 10.2 Å². The fraction of sp³-hybridized carbons (Fsp3) is 0.381. The van der Waals surface area contributed by atoms with E-state index in [0.29, 0.717) is 12.3 Å². The van der Waals surface area contributed by atoms with Crippen LogP contribution >= 0.6 is 0 Å². The Hall–Kier alpha value is -2.65. The van der Waals surface area contributed by atoms with Gasteiger partial charge < -0.3 is 10.1 Å². The summed E-state index contributed by atoms with van der Waals surface area (Å²) in [5, 5.41) is 3.34. The van der Waals surface area contributed by atoms with Gasteiger partial charge in [-0.2, -0.15) is 8.42 Å². The number of hydrogen-bond donors (Lipinski definition) is 2. The number of nitrogens with zero attached hydrogens (tertiary/aromatic N) is 1. The zero-order chi connectivity index (χ0) is 21.1. The van der Waals surface area contributed by atoms with Crippen molar-refractivity contribution in [3.63, 3.8) is 0 Å². The Labute approximate surface area is 175 Å². The molecule has 160 valence electrons. The Morgan fingerprint density at radius 1 is 1.17 bits per heavy atom. The molecule has 30 heavy (non-hydrogen) atoms. The van der Waals surface area contributed by atoms with Crippen molar-refractivity contribution in [3.05, 3.63) is 59.4 Å². The number of hydrogen-bond acceptors (Lipinski definition) is 5. The van der Waals surface area contributed by atoms with Gasteiger partial charge in [0.1, 0.15) is 24.6 Å². The van der Waals surface area contributed by atoms with E-state index in [9.17, 15) is 13.2 Å². The maximum atomic E-state index is 15.2. The van der Waals surface area contributed by atoms with Gasteiger partial charge in [-0.05, 0) is 61.5 Å². The lowest BCUT2D eigenvalue weighted by molar-refractivity contribution is -0.117. The van der Waals surface area contributed by atoms with E-state index >= 15 is 4.39 Å². The molecule has 4 rings (SSSR count). The van der Waals surface area contributed by atoms with Crippen LogP contribution in [-0.2, 0) is 28.0 Å². The molecule has 2 aliphatic heterocycles. The molecule has 0 spiro atoms. The van der Waals surface area contributed by atoms with Crippen LogP contribution in [0.15, 0.2) is 42.5 Å². The molecular formula is C21H24FN3O4S. The van der Waals surface area contributed by atoms with Gasteiger partial charge in [0, 0.05) is 0 Å². The van der Waals surface area contributed by atoms with Gasteiger partial charge in [-0.25, -0.2) is 13.4 Å². The van der Waals surface area contributed by atoms with Gasteiger partial charge in [-0.1, -0.05) is 30.3 Å². The molecule has 2 aromatic carbocycles. The Morgan fingerprint density at radius 3 is 2.63 bits per heavy atom. The molecule has 0 saturated carbocycles. The number of rotatable bonds is 6. The average Bonchev–Trinajstić information content (AvgIpc) is 2.99. The monoisotopic (exact) mass is 433 g/mol. The zero-order valence-corrected chi connectivity index (χ0v) is 17.3. The molecule has 7 nitrogen and oxygen atoms in total. The Morgan fingerprint density at radius 2 is 1.97 bits per heavy atom. The largest absolute Gasteiger partial charge is 0.487 e. The molecule has 0 aliphatic carbocycles. The summed E-state index contributed by atoms with van der Waals surface area (Å²) in [7, 11) is -4.15. The summed E-state index contributed by atoms with van der Waals surface area (Å²) < 4.78 is 48.3. The number of anilines is 1. The Balaban J connectivity index is 1.67. The van der Waals surface area contributed by atoms with E-state index in [1.807, 2.05) is 35.1 Å². The molecule has 9 heteroatoms. The minimum absolute atomic E-state index is 0.109. The number of carbonyl (C=O) groups is 1. The van der Waals surface area contributed by atoms with Crippen LogP contribution < -0.4 is 19.1 Å². The predicted molar refractivity (Wildman–Crippen MR) is 111 cm³/mol. The van der Waals surface area contributed by atoms with Crippen LogP contribution in [0.25, 0.3) is 0 Å². The van der Waals surface area contributed by atoms with Crippen LogP contribution in [0.2, 0.25) is 0 Å². The highest BCUT2D eigenvalue weighted by molar-refractivity contribution is 7.92. The summed E-state index contributed by atoms with van der Waals surface area (Å²) in [4.78, 5) is 11.7. The van der Waals surface area contributed by atoms with Crippen molar-refractivity contribution < 1.29 is 22.3 Å². The minimum atomic E-state index is -4.15. The second kappa shape index (κ2) is 8.61. The van der Waals surface area contributed by atoms with Gasteiger partial charge in [0.2, 0.25) is 0 Å². The summed E-state index contributed by atoms with van der Waals surface area (Å²) in [5.41, 5.74) is 1.36. The van der Waals surface area contributed by atoms with Crippen LogP contribution in [0.5, 0.6) is 5.75 Å². The van der Waals surface area contributed by atoms with Gasteiger partial charge in [0.05, 0.1) is 0 Å². The van der Waals surface area contributed by atoms with Gasteiger partial charge in [0.25, 0.3) is 5.91 Å². The molecule has 2 N–H and O–H groups in total. The molecular weight excluding hydrogens is 409 g/mol. The number of piperidine rings is 1. The van der Waals surface area contributed by atoms with Crippen molar-refractivity contribution in [2.24, 2.45) is 5.92 Å². The molecule has 0 bridgehead atoms. The quantitative estimate of drug-likeness (QED) is 0.729. The van der Waals surface area contributed by atoms with Crippen molar-refractivity contribution in [3.8, 4) is 5.75 Å². The molecule has 1 unspecified atom stereocenters. The summed E-state index contributed by atoms with van der Waals surface area (Å²) in [6.07, 6.45) is 2.79.